The van der Waals surface area contributed by atoms with Crippen molar-refractivity contribution >= 4 is 0 Å². The van der Waals surface area contributed by atoms with Gasteiger partial charge in [-0.05, 0) is 24.8 Å². The fourth-order valence-electron chi connectivity index (χ4n) is 3.03. The van der Waals surface area contributed by atoms with Crippen LogP contribution in [0.25, 0.3) is 11.4 Å². The molecule has 0 spiro atoms. The Bertz CT molecular complexity index is 685. The molecule has 0 fully saturated rings. The number of hydrogen-bond acceptors (Lipinski definition) is 2. The standard InChI is InChI=1S/C14H12N2O/c17-14-11-6-3-7-12(11)16-8-9-4-1-2-5-10(9)13(16)15-14/h1-2,4-5H,3,6-8H2. The van der Waals surface area contributed by atoms with E-state index in [1.54, 1.807) is 0 Å². The predicted molar refractivity (Wildman–Crippen MR) is 65.1 cm³/mol. The Labute approximate surface area is 98.7 Å². The van der Waals surface area contributed by atoms with E-state index in [0.29, 0.717) is 0 Å². The Morgan fingerprint density at radius 3 is 3.00 bits per heavy atom. The molecule has 0 saturated heterocycles. The maximum Gasteiger partial charge on any atom is 0.276 e. The van der Waals surface area contributed by atoms with Crippen LogP contribution in [0.2, 0.25) is 0 Å². The molecule has 0 atom stereocenters. The third-order valence-electron chi connectivity index (χ3n) is 3.82. The smallest absolute Gasteiger partial charge is 0.276 e. The van der Waals surface area contributed by atoms with Gasteiger partial charge in [-0.1, -0.05) is 24.3 Å². The lowest BCUT2D eigenvalue weighted by atomic mass is 10.1. The molecule has 0 saturated carbocycles. The van der Waals surface area contributed by atoms with Gasteiger partial charge in [-0.25, -0.2) is 0 Å². The minimum Gasteiger partial charge on any atom is -0.325 e. The van der Waals surface area contributed by atoms with Crippen molar-refractivity contribution in [2.24, 2.45) is 0 Å². The molecule has 0 radical (unpaired) electrons. The first-order chi connectivity index (χ1) is 8.34. The van der Waals surface area contributed by atoms with Crippen LogP contribution in [0.1, 0.15) is 23.2 Å². The molecule has 2 aliphatic rings. The van der Waals surface area contributed by atoms with Crippen molar-refractivity contribution in [2.45, 2.75) is 25.8 Å². The molecule has 1 aromatic carbocycles. The predicted octanol–water partition coefficient (Wildman–Crippen LogP) is 1.76. The summed E-state index contributed by atoms with van der Waals surface area (Å²) in [6.07, 6.45) is 3.01. The molecule has 0 amide bonds. The lowest BCUT2D eigenvalue weighted by Gasteiger charge is -2.09. The molecular weight excluding hydrogens is 212 g/mol. The van der Waals surface area contributed by atoms with Crippen molar-refractivity contribution in [1.82, 2.24) is 9.55 Å². The quantitative estimate of drug-likeness (QED) is 0.583. The molecule has 1 aromatic heterocycles. The average molecular weight is 224 g/mol. The van der Waals surface area contributed by atoms with Crippen molar-refractivity contribution < 1.29 is 0 Å². The lowest BCUT2D eigenvalue weighted by molar-refractivity contribution is 0.750. The van der Waals surface area contributed by atoms with Crippen LogP contribution in [0, 0.1) is 0 Å². The van der Waals surface area contributed by atoms with Crippen LogP contribution >= 0.6 is 0 Å². The summed E-state index contributed by atoms with van der Waals surface area (Å²) >= 11 is 0. The number of nitrogens with zero attached hydrogens (tertiary/aromatic N) is 2. The minimum absolute atomic E-state index is 0.0135. The Hall–Kier alpha value is -1.90. The molecule has 17 heavy (non-hydrogen) atoms. The van der Waals surface area contributed by atoms with Crippen LogP contribution in [-0.2, 0) is 19.4 Å². The van der Waals surface area contributed by atoms with Gasteiger partial charge in [-0.15, -0.1) is 0 Å². The van der Waals surface area contributed by atoms with E-state index in [1.807, 2.05) is 12.1 Å². The van der Waals surface area contributed by atoms with Crippen LogP contribution in [0.5, 0.6) is 0 Å². The van der Waals surface area contributed by atoms with Crippen LogP contribution < -0.4 is 5.56 Å². The highest BCUT2D eigenvalue weighted by Crippen LogP contribution is 2.32. The summed E-state index contributed by atoms with van der Waals surface area (Å²) in [4.78, 5) is 16.2. The second-order valence-electron chi connectivity index (χ2n) is 4.76. The molecule has 3 heteroatoms. The van der Waals surface area contributed by atoms with E-state index in [4.69, 9.17) is 0 Å². The van der Waals surface area contributed by atoms with Crippen molar-refractivity contribution in [1.29, 1.82) is 0 Å². The molecule has 0 N–H and O–H groups in total. The Kier molecular flexibility index (Phi) is 1.65. The third-order valence-corrected chi connectivity index (χ3v) is 3.82. The first kappa shape index (κ1) is 9.16. The molecule has 2 heterocycles. The molecule has 84 valence electrons. The van der Waals surface area contributed by atoms with E-state index in [2.05, 4.69) is 21.7 Å². The lowest BCUT2D eigenvalue weighted by Crippen LogP contribution is -2.19. The third kappa shape index (κ3) is 1.11. The topological polar surface area (TPSA) is 34.9 Å². The zero-order chi connectivity index (χ0) is 11.4. The first-order valence-corrected chi connectivity index (χ1v) is 6.05. The van der Waals surface area contributed by atoms with E-state index >= 15 is 0 Å². The molecule has 1 aliphatic carbocycles. The fraction of sp³-hybridized carbons (Fsp3) is 0.286. The van der Waals surface area contributed by atoms with Gasteiger partial charge < -0.3 is 4.57 Å². The largest absolute Gasteiger partial charge is 0.325 e. The number of hydrogen-bond donors (Lipinski definition) is 0. The van der Waals surface area contributed by atoms with Crippen molar-refractivity contribution in [3.8, 4) is 11.4 Å². The molecule has 0 bridgehead atoms. The van der Waals surface area contributed by atoms with Crippen molar-refractivity contribution in [2.75, 3.05) is 0 Å². The Balaban J connectivity index is 2.08. The van der Waals surface area contributed by atoms with Gasteiger partial charge in [0.15, 0.2) is 0 Å². The SMILES string of the molecule is O=c1nc2n(c3c1CCC3)Cc1ccccc1-2. The molecule has 4 rings (SSSR count). The summed E-state index contributed by atoms with van der Waals surface area (Å²) in [6.45, 7) is 0.876. The summed E-state index contributed by atoms with van der Waals surface area (Å²) in [5.74, 6) is 0.867. The van der Waals surface area contributed by atoms with Crippen LogP contribution in [0.4, 0.5) is 0 Å². The van der Waals surface area contributed by atoms with Gasteiger partial charge in [0.1, 0.15) is 5.82 Å². The number of fused-ring (bicyclic) bond motifs is 5. The minimum atomic E-state index is -0.0135. The van der Waals surface area contributed by atoms with Gasteiger partial charge in [-0.2, -0.15) is 4.98 Å². The highest BCUT2D eigenvalue weighted by atomic mass is 16.1. The van der Waals surface area contributed by atoms with Crippen molar-refractivity contribution in [3.05, 3.63) is 51.4 Å². The molecule has 2 aromatic rings. The summed E-state index contributed by atoms with van der Waals surface area (Å²) in [6, 6.07) is 8.23. The maximum atomic E-state index is 12.0. The van der Waals surface area contributed by atoms with Crippen LogP contribution in [-0.4, -0.2) is 9.55 Å². The second kappa shape index (κ2) is 3.06. The Morgan fingerprint density at radius 1 is 1.18 bits per heavy atom. The van der Waals surface area contributed by atoms with Crippen LogP contribution in [0.15, 0.2) is 29.1 Å². The first-order valence-electron chi connectivity index (χ1n) is 6.05. The van der Waals surface area contributed by atoms with Gasteiger partial charge in [-0.3, -0.25) is 4.79 Å². The second-order valence-corrected chi connectivity index (χ2v) is 4.76. The van der Waals surface area contributed by atoms with Gasteiger partial charge >= 0.3 is 0 Å². The van der Waals surface area contributed by atoms with E-state index < -0.39 is 0 Å². The van der Waals surface area contributed by atoms with E-state index in [1.165, 1.54) is 11.3 Å². The zero-order valence-electron chi connectivity index (χ0n) is 9.44. The van der Waals surface area contributed by atoms with Gasteiger partial charge in [0.05, 0.1) is 6.54 Å². The summed E-state index contributed by atoms with van der Waals surface area (Å²) in [5, 5.41) is 0. The Morgan fingerprint density at radius 2 is 2.06 bits per heavy atom. The molecular formula is C14H12N2O. The molecule has 0 unspecified atom stereocenters. The highest BCUT2D eigenvalue weighted by Gasteiger charge is 2.26. The average Bonchev–Trinajstić information content (AvgIpc) is 2.93. The van der Waals surface area contributed by atoms with E-state index in [0.717, 1.165) is 42.8 Å². The molecule has 1 aliphatic heterocycles. The summed E-state index contributed by atoms with van der Waals surface area (Å²) in [5.41, 5.74) is 4.55. The normalized spacial score (nSPS) is 15.5. The monoisotopic (exact) mass is 224 g/mol. The van der Waals surface area contributed by atoms with Gasteiger partial charge in [0.2, 0.25) is 0 Å². The number of aromatic nitrogens is 2. The van der Waals surface area contributed by atoms with Crippen LogP contribution in [0.3, 0.4) is 0 Å². The summed E-state index contributed by atoms with van der Waals surface area (Å²) in [7, 11) is 0. The van der Waals surface area contributed by atoms with E-state index in [9.17, 15) is 4.79 Å². The fourth-order valence-corrected chi connectivity index (χ4v) is 3.03. The maximum absolute atomic E-state index is 12.0. The highest BCUT2D eigenvalue weighted by molar-refractivity contribution is 5.65. The zero-order valence-corrected chi connectivity index (χ0v) is 9.44. The van der Waals surface area contributed by atoms with E-state index in [-0.39, 0.29) is 5.56 Å². The summed E-state index contributed by atoms with van der Waals surface area (Å²) < 4.78 is 2.23. The van der Waals surface area contributed by atoms with Gasteiger partial charge in [0, 0.05) is 16.8 Å². The number of benzene rings is 1. The number of rotatable bonds is 0. The van der Waals surface area contributed by atoms with Gasteiger partial charge in [0.25, 0.3) is 5.56 Å². The van der Waals surface area contributed by atoms with Crippen molar-refractivity contribution in [3.63, 3.8) is 0 Å². The molecule has 3 nitrogen and oxygen atoms in total.